The molecule has 0 saturated carbocycles. The Morgan fingerprint density at radius 2 is 2.35 bits per heavy atom. The lowest BCUT2D eigenvalue weighted by Gasteiger charge is -2.06. The van der Waals surface area contributed by atoms with Crippen molar-refractivity contribution in [2.75, 3.05) is 11.1 Å². The smallest absolute Gasteiger partial charge is 0.276 e. The largest absolute Gasteiger partial charge is 0.391 e. The van der Waals surface area contributed by atoms with Crippen molar-refractivity contribution < 1.29 is 0 Å². The third-order valence-corrected chi connectivity index (χ3v) is 2.67. The molecule has 0 saturated heterocycles. The molecular formula is C10H14N6O. The Bertz CT molecular complexity index is 585. The molecule has 90 valence electrons. The molecule has 7 heteroatoms. The van der Waals surface area contributed by atoms with E-state index in [0.29, 0.717) is 12.4 Å². The van der Waals surface area contributed by atoms with E-state index in [1.165, 1.54) is 6.33 Å². The number of hydrogen-bond donors (Lipinski definition) is 3. The van der Waals surface area contributed by atoms with Crippen molar-refractivity contribution in [3.63, 3.8) is 0 Å². The van der Waals surface area contributed by atoms with E-state index in [2.05, 4.69) is 20.4 Å². The number of nitrogens with one attached hydrogen (secondary N) is 2. The van der Waals surface area contributed by atoms with Crippen LogP contribution < -0.4 is 16.6 Å². The van der Waals surface area contributed by atoms with Crippen LogP contribution in [0.25, 0.3) is 0 Å². The standard InChI is InChI=1S/C10H14N6O/c1-6-7(4-15-16(6)2)3-12-9-8(11)10(17)14-5-13-9/h4-5H,3,11H2,1-2H3,(H2,12,13,14,17). The lowest BCUT2D eigenvalue weighted by atomic mass is 10.2. The molecule has 0 bridgehead atoms. The highest BCUT2D eigenvalue weighted by atomic mass is 16.1. The molecule has 2 heterocycles. The second-order valence-corrected chi connectivity index (χ2v) is 3.73. The van der Waals surface area contributed by atoms with Gasteiger partial charge in [0.1, 0.15) is 5.69 Å². The van der Waals surface area contributed by atoms with Crippen molar-refractivity contribution in [1.82, 2.24) is 19.7 Å². The van der Waals surface area contributed by atoms with Gasteiger partial charge in [0.05, 0.1) is 12.5 Å². The van der Waals surface area contributed by atoms with Gasteiger partial charge in [-0.1, -0.05) is 0 Å². The summed E-state index contributed by atoms with van der Waals surface area (Å²) in [5, 5.41) is 7.14. The number of anilines is 2. The molecule has 0 radical (unpaired) electrons. The Kier molecular flexibility index (Phi) is 2.82. The number of aryl methyl sites for hydroxylation is 1. The van der Waals surface area contributed by atoms with Gasteiger partial charge in [0.15, 0.2) is 5.82 Å². The van der Waals surface area contributed by atoms with E-state index < -0.39 is 0 Å². The molecule has 0 unspecified atom stereocenters. The molecule has 0 fully saturated rings. The molecule has 0 spiro atoms. The molecule has 0 amide bonds. The van der Waals surface area contributed by atoms with E-state index in [9.17, 15) is 4.79 Å². The number of nitrogens with zero attached hydrogens (tertiary/aromatic N) is 3. The van der Waals surface area contributed by atoms with Crippen LogP contribution in [0.15, 0.2) is 17.3 Å². The number of aromatic nitrogens is 4. The molecule has 0 aliphatic carbocycles. The highest BCUT2D eigenvalue weighted by Gasteiger charge is 2.06. The average molecular weight is 234 g/mol. The van der Waals surface area contributed by atoms with Crippen molar-refractivity contribution in [1.29, 1.82) is 0 Å². The van der Waals surface area contributed by atoms with E-state index in [1.807, 2.05) is 14.0 Å². The summed E-state index contributed by atoms with van der Waals surface area (Å²) in [6, 6.07) is 0. The van der Waals surface area contributed by atoms with E-state index in [0.717, 1.165) is 11.3 Å². The van der Waals surface area contributed by atoms with Crippen molar-refractivity contribution in [2.45, 2.75) is 13.5 Å². The van der Waals surface area contributed by atoms with Gasteiger partial charge in [0.2, 0.25) is 0 Å². The van der Waals surface area contributed by atoms with E-state index in [-0.39, 0.29) is 11.2 Å². The van der Waals surface area contributed by atoms with Crippen molar-refractivity contribution in [3.8, 4) is 0 Å². The molecule has 0 atom stereocenters. The summed E-state index contributed by atoms with van der Waals surface area (Å²) < 4.78 is 1.78. The van der Waals surface area contributed by atoms with Gasteiger partial charge in [0.25, 0.3) is 5.56 Å². The van der Waals surface area contributed by atoms with Crippen molar-refractivity contribution in [2.24, 2.45) is 7.05 Å². The van der Waals surface area contributed by atoms with Crippen LogP contribution in [0.1, 0.15) is 11.3 Å². The molecule has 0 aromatic carbocycles. The first-order valence-electron chi connectivity index (χ1n) is 5.14. The fraction of sp³-hybridized carbons (Fsp3) is 0.300. The fourth-order valence-electron chi connectivity index (χ4n) is 1.45. The molecule has 0 aliphatic heterocycles. The summed E-state index contributed by atoms with van der Waals surface area (Å²) >= 11 is 0. The number of aromatic amines is 1. The van der Waals surface area contributed by atoms with Gasteiger partial charge in [0, 0.05) is 24.8 Å². The van der Waals surface area contributed by atoms with Crippen LogP contribution in [-0.4, -0.2) is 19.7 Å². The first-order valence-corrected chi connectivity index (χ1v) is 5.14. The molecule has 7 nitrogen and oxygen atoms in total. The lowest BCUT2D eigenvalue weighted by molar-refractivity contribution is 0.738. The quantitative estimate of drug-likeness (QED) is 0.694. The predicted octanol–water partition coefficient (Wildman–Crippen LogP) is 0.00612. The zero-order valence-electron chi connectivity index (χ0n) is 9.69. The number of nitrogen functional groups attached to an aromatic ring is 1. The van der Waals surface area contributed by atoms with Crippen LogP contribution in [0, 0.1) is 6.92 Å². The summed E-state index contributed by atoms with van der Waals surface area (Å²) in [6.45, 7) is 2.50. The van der Waals surface area contributed by atoms with Gasteiger partial charge in [-0.3, -0.25) is 9.48 Å². The van der Waals surface area contributed by atoms with Gasteiger partial charge in [-0.25, -0.2) is 4.98 Å². The average Bonchev–Trinajstić information content (AvgIpc) is 2.62. The summed E-state index contributed by atoms with van der Waals surface area (Å²) in [4.78, 5) is 17.6. The zero-order chi connectivity index (χ0) is 12.4. The van der Waals surface area contributed by atoms with Crippen LogP contribution in [0.2, 0.25) is 0 Å². The predicted molar refractivity (Wildman–Crippen MR) is 64.5 cm³/mol. The molecule has 2 aromatic heterocycles. The van der Waals surface area contributed by atoms with Crippen LogP contribution in [0.4, 0.5) is 11.5 Å². The summed E-state index contributed by atoms with van der Waals surface area (Å²) in [7, 11) is 1.87. The Balaban J connectivity index is 2.15. The Labute approximate surface area is 97.7 Å². The normalized spacial score (nSPS) is 10.5. The summed E-state index contributed by atoms with van der Waals surface area (Å²) in [5.74, 6) is 0.386. The monoisotopic (exact) mass is 234 g/mol. The third kappa shape index (κ3) is 2.12. The maximum atomic E-state index is 11.2. The van der Waals surface area contributed by atoms with Gasteiger partial charge in [-0.05, 0) is 6.92 Å². The minimum atomic E-state index is -0.342. The molecule has 2 rings (SSSR count). The van der Waals surface area contributed by atoms with Crippen molar-refractivity contribution in [3.05, 3.63) is 34.1 Å². The molecule has 17 heavy (non-hydrogen) atoms. The van der Waals surface area contributed by atoms with Crippen LogP contribution in [0.5, 0.6) is 0 Å². The van der Waals surface area contributed by atoms with Gasteiger partial charge >= 0.3 is 0 Å². The van der Waals surface area contributed by atoms with Crippen LogP contribution in [-0.2, 0) is 13.6 Å². The number of nitrogens with two attached hydrogens (primary N) is 1. The third-order valence-electron chi connectivity index (χ3n) is 2.67. The van der Waals surface area contributed by atoms with Crippen molar-refractivity contribution >= 4 is 11.5 Å². The van der Waals surface area contributed by atoms with Crippen LogP contribution >= 0.6 is 0 Å². The summed E-state index contributed by atoms with van der Waals surface area (Å²) in [5.41, 5.74) is 7.44. The maximum Gasteiger partial charge on any atom is 0.276 e. The number of H-pyrrole nitrogens is 1. The SMILES string of the molecule is Cc1c(CNc2nc[nH]c(=O)c2N)cnn1C. The number of hydrogen-bond acceptors (Lipinski definition) is 5. The van der Waals surface area contributed by atoms with Gasteiger partial charge < -0.3 is 16.0 Å². The zero-order valence-corrected chi connectivity index (χ0v) is 9.69. The first kappa shape index (κ1) is 11.2. The van der Waals surface area contributed by atoms with E-state index in [1.54, 1.807) is 10.9 Å². The lowest BCUT2D eigenvalue weighted by Crippen LogP contribution is -2.16. The molecule has 0 aliphatic rings. The Morgan fingerprint density at radius 1 is 1.59 bits per heavy atom. The summed E-state index contributed by atoms with van der Waals surface area (Å²) in [6.07, 6.45) is 3.09. The van der Waals surface area contributed by atoms with E-state index in [4.69, 9.17) is 5.73 Å². The molecular weight excluding hydrogens is 220 g/mol. The molecule has 2 aromatic rings. The Hall–Kier alpha value is -2.31. The highest BCUT2D eigenvalue weighted by molar-refractivity contribution is 5.59. The Morgan fingerprint density at radius 3 is 3.00 bits per heavy atom. The topological polar surface area (TPSA) is 102 Å². The second kappa shape index (κ2) is 4.28. The fourth-order valence-corrected chi connectivity index (χ4v) is 1.45. The minimum Gasteiger partial charge on any atom is -0.391 e. The number of rotatable bonds is 3. The highest BCUT2D eigenvalue weighted by Crippen LogP contribution is 2.11. The first-order chi connectivity index (χ1) is 8.09. The maximum absolute atomic E-state index is 11.2. The minimum absolute atomic E-state index is 0.0917. The van der Waals surface area contributed by atoms with E-state index >= 15 is 0 Å². The van der Waals surface area contributed by atoms with Crippen LogP contribution in [0.3, 0.4) is 0 Å². The van der Waals surface area contributed by atoms with Gasteiger partial charge in [-0.15, -0.1) is 0 Å². The molecule has 4 N–H and O–H groups in total. The second-order valence-electron chi connectivity index (χ2n) is 3.73. The van der Waals surface area contributed by atoms with Gasteiger partial charge in [-0.2, -0.15) is 5.10 Å².